The number of carboxylic acid groups (broad SMARTS) is 1. The Morgan fingerprint density at radius 1 is 1.71 bits per heavy atom. The summed E-state index contributed by atoms with van der Waals surface area (Å²) in [6.07, 6.45) is 1.00. The summed E-state index contributed by atoms with van der Waals surface area (Å²) in [7, 11) is -3.38. The Bertz CT molecular complexity index is 450. The fourth-order valence-corrected chi connectivity index (χ4v) is 2.40. The molecule has 0 bridgehead atoms. The van der Waals surface area contributed by atoms with Crippen molar-refractivity contribution in [1.29, 1.82) is 0 Å². The summed E-state index contributed by atoms with van der Waals surface area (Å²) in [4.78, 5) is 14.1. The van der Waals surface area contributed by atoms with Gasteiger partial charge < -0.3 is 10.8 Å². The van der Waals surface area contributed by atoms with Gasteiger partial charge >= 0.3 is 5.97 Å². The van der Waals surface area contributed by atoms with E-state index in [1.807, 2.05) is 0 Å². The number of hydrogen-bond donors (Lipinski definition) is 2. The maximum absolute atomic E-state index is 11.0. The monoisotopic (exact) mass is 236 g/mol. The van der Waals surface area contributed by atoms with Crippen molar-refractivity contribution in [2.75, 3.05) is 6.26 Å². The van der Waals surface area contributed by atoms with Crippen LogP contribution in [0.15, 0.2) is 9.72 Å². The molecule has 78 valence electrons. The molecule has 0 radical (unpaired) electrons. The number of aromatic nitrogens is 1. The van der Waals surface area contributed by atoms with E-state index in [4.69, 9.17) is 10.8 Å². The van der Waals surface area contributed by atoms with Gasteiger partial charge in [0.15, 0.2) is 0 Å². The van der Waals surface area contributed by atoms with Crippen molar-refractivity contribution in [1.82, 2.24) is 4.98 Å². The highest BCUT2D eigenvalue weighted by atomic mass is 32.2. The summed E-state index contributed by atoms with van der Waals surface area (Å²) in [6.45, 7) is 0. The molecule has 0 aromatic carbocycles. The normalized spacial score (nSPS) is 13.9. The minimum atomic E-state index is -3.38. The van der Waals surface area contributed by atoms with Gasteiger partial charge in [0.05, 0.1) is 5.69 Å². The number of sulfone groups is 1. The third-order valence-electron chi connectivity index (χ3n) is 1.40. The zero-order chi connectivity index (χ0) is 10.9. The molecule has 1 aromatic rings. The molecule has 1 rings (SSSR count). The first-order valence-corrected chi connectivity index (χ1v) is 6.23. The summed E-state index contributed by atoms with van der Waals surface area (Å²) in [5.41, 5.74) is 5.30. The molecule has 0 saturated carbocycles. The van der Waals surface area contributed by atoms with Gasteiger partial charge in [-0.3, -0.25) is 4.79 Å². The third kappa shape index (κ3) is 2.28. The zero-order valence-corrected chi connectivity index (χ0v) is 8.80. The third-order valence-corrected chi connectivity index (χ3v) is 3.98. The van der Waals surface area contributed by atoms with Gasteiger partial charge in [-0.15, -0.1) is 11.3 Å². The van der Waals surface area contributed by atoms with Gasteiger partial charge in [-0.05, 0) is 0 Å². The van der Waals surface area contributed by atoms with Gasteiger partial charge in [0.25, 0.3) is 0 Å². The van der Waals surface area contributed by atoms with Gasteiger partial charge in [-0.2, -0.15) is 0 Å². The van der Waals surface area contributed by atoms with Crippen LogP contribution in [0.2, 0.25) is 0 Å². The van der Waals surface area contributed by atoms with E-state index >= 15 is 0 Å². The van der Waals surface area contributed by atoms with Gasteiger partial charge in [-0.1, -0.05) is 0 Å². The zero-order valence-electron chi connectivity index (χ0n) is 7.17. The summed E-state index contributed by atoms with van der Waals surface area (Å²) < 4.78 is 21.9. The molecule has 1 atom stereocenters. The fraction of sp³-hybridized carbons (Fsp3) is 0.333. The molecule has 1 unspecified atom stereocenters. The average molecular weight is 236 g/mol. The van der Waals surface area contributed by atoms with Crippen LogP contribution in [0.1, 0.15) is 11.7 Å². The first-order chi connectivity index (χ1) is 6.32. The highest BCUT2D eigenvalue weighted by Gasteiger charge is 2.20. The molecule has 0 fully saturated rings. The lowest BCUT2D eigenvalue weighted by Gasteiger charge is -1.99. The fourth-order valence-electron chi connectivity index (χ4n) is 0.709. The second kappa shape index (κ2) is 3.64. The number of nitrogens with zero attached hydrogens (tertiary/aromatic N) is 1. The Balaban J connectivity index is 3.06. The van der Waals surface area contributed by atoms with Crippen LogP contribution in [0.5, 0.6) is 0 Å². The SMILES string of the molecule is CS(=O)(=O)c1nc(C(N)C(=O)O)cs1. The minimum Gasteiger partial charge on any atom is -0.480 e. The Morgan fingerprint density at radius 3 is 2.64 bits per heavy atom. The number of nitrogens with two attached hydrogens (primary N) is 1. The predicted molar refractivity (Wildman–Crippen MR) is 49.8 cm³/mol. The van der Waals surface area contributed by atoms with E-state index in [-0.39, 0.29) is 10.0 Å². The summed E-state index contributed by atoms with van der Waals surface area (Å²) >= 11 is 0.860. The summed E-state index contributed by atoms with van der Waals surface area (Å²) in [6, 6.07) is -1.28. The molecule has 0 aliphatic heterocycles. The van der Waals surface area contributed by atoms with Gasteiger partial charge in [0.2, 0.25) is 14.2 Å². The Morgan fingerprint density at radius 2 is 2.29 bits per heavy atom. The molecular weight excluding hydrogens is 228 g/mol. The second-order valence-electron chi connectivity index (χ2n) is 2.63. The Hall–Kier alpha value is -0.990. The molecular formula is C6H8N2O4S2. The molecule has 0 spiro atoms. The van der Waals surface area contributed by atoms with Crippen molar-refractivity contribution in [3.63, 3.8) is 0 Å². The number of carbonyl (C=O) groups is 1. The van der Waals surface area contributed by atoms with Crippen LogP contribution in [-0.2, 0) is 14.6 Å². The van der Waals surface area contributed by atoms with Crippen molar-refractivity contribution in [2.24, 2.45) is 5.73 Å². The van der Waals surface area contributed by atoms with Crippen LogP contribution in [0.3, 0.4) is 0 Å². The first-order valence-electron chi connectivity index (χ1n) is 3.46. The lowest BCUT2D eigenvalue weighted by molar-refractivity contribution is -0.138. The van der Waals surface area contributed by atoms with E-state index in [0.717, 1.165) is 17.6 Å². The number of aliphatic carboxylic acids is 1. The molecule has 0 amide bonds. The highest BCUT2D eigenvalue weighted by molar-refractivity contribution is 7.92. The highest BCUT2D eigenvalue weighted by Crippen LogP contribution is 2.19. The van der Waals surface area contributed by atoms with Crippen molar-refractivity contribution in [2.45, 2.75) is 10.4 Å². The molecule has 1 heterocycles. The minimum absolute atomic E-state index is 0.0583. The molecule has 6 nitrogen and oxygen atoms in total. The predicted octanol–water partition coefficient (Wildman–Crippen LogP) is -0.369. The maximum atomic E-state index is 11.0. The van der Waals surface area contributed by atoms with E-state index in [1.165, 1.54) is 5.38 Å². The largest absolute Gasteiger partial charge is 0.480 e. The van der Waals surface area contributed by atoms with E-state index in [1.54, 1.807) is 0 Å². The van der Waals surface area contributed by atoms with Crippen molar-refractivity contribution in [3.8, 4) is 0 Å². The van der Waals surface area contributed by atoms with Crippen molar-refractivity contribution >= 4 is 27.1 Å². The number of rotatable bonds is 3. The molecule has 3 N–H and O–H groups in total. The van der Waals surface area contributed by atoms with Gasteiger partial charge in [0.1, 0.15) is 6.04 Å². The van der Waals surface area contributed by atoms with E-state index < -0.39 is 21.8 Å². The molecule has 0 aliphatic rings. The van der Waals surface area contributed by atoms with Crippen LogP contribution >= 0.6 is 11.3 Å². The van der Waals surface area contributed by atoms with Crippen LogP contribution < -0.4 is 5.73 Å². The molecule has 0 saturated heterocycles. The van der Waals surface area contributed by atoms with Crippen LogP contribution in [0.25, 0.3) is 0 Å². The quantitative estimate of drug-likeness (QED) is 0.740. The number of hydrogen-bond acceptors (Lipinski definition) is 6. The molecule has 14 heavy (non-hydrogen) atoms. The summed E-state index contributed by atoms with van der Waals surface area (Å²) in [5.74, 6) is -1.24. The number of thiazole rings is 1. The van der Waals surface area contributed by atoms with Crippen LogP contribution in [0, 0.1) is 0 Å². The Labute approximate surface area is 84.3 Å². The Kier molecular flexibility index (Phi) is 2.88. The van der Waals surface area contributed by atoms with Gasteiger partial charge in [-0.25, -0.2) is 13.4 Å². The molecule has 1 aromatic heterocycles. The van der Waals surface area contributed by atoms with Crippen LogP contribution in [-0.4, -0.2) is 30.7 Å². The van der Waals surface area contributed by atoms with E-state index in [9.17, 15) is 13.2 Å². The van der Waals surface area contributed by atoms with Crippen molar-refractivity contribution in [3.05, 3.63) is 11.1 Å². The van der Waals surface area contributed by atoms with E-state index in [0.29, 0.717) is 0 Å². The lowest BCUT2D eigenvalue weighted by Crippen LogP contribution is -2.21. The average Bonchev–Trinajstić information content (AvgIpc) is 2.49. The maximum Gasteiger partial charge on any atom is 0.326 e. The van der Waals surface area contributed by atoms with Crippen molar-refractivity contribution < 1.29 is 18.3 Å². The molecule has 0 aliphatic carbocycles. The summed E-state index contributed by atoms with van der Waals surface area (Å²) in [5, 5.41) is 9.87. The smallest absolute Gasteiger partial charge is 0.326 e. The topological polar surface area (TPSA) is 110 Å². The van der Waals surface area contributed by atoms with Crippen LogP contribution in [0.4, 0.5) is 0 Å². The number of carboxylic acids is 1. The van der Waals surface area contributed by atoms with Gasteiger partial charge in [0, 0.05) is 11.6 Å². The second-order valence-corrected chi connectivity index (χ2v) is 5.67. The standard InChI is InChI=1S/C6H8N2O4S2/c1-14(11,12)6-8-3(2-13-6)4(7)5(9)10/h2,4H,7H2,1H3,(H,9,10). The lowest BCUT2D eigenvalue weighted by atomic mass is 10.2. The molecule has 8 heteroatoms. The van der Waals surface area contributed by atoms with E-state index in [2.05, 4.69) is 4.98 Å². The first kappa shape index (κ1) is 11.1.